The van der Waals surface area contributed by atoms with Crippen LogP contribution in [-0.4, -0.2) is 9.97 Å². The fraction of sp³-hybridized carbons (Fsp3) is 0.0400. The van der Waals surface area contributed by atoms with Gasteiger partial charge in [-0.3, -0.25) is 4.98 Å². The molecule has 0 aliphatic rings. The first-order chi connectivity index (χ1) is 13.3. The molecule has 2 heterocycles. The smallest absolute Gasteiger partial charge is 0.120 e. The summed E-state index contributed by atoms with van der Waals surface area (Å²) in [6.07, 6.45) is 11.4. The predicted octanol–water partition coefficient (Wildman–Crippen LogP) is 5.73. The highest BCUT2D eigenvalue weighted by Crippen LogP contribution is 2.38. The van der Waals surface area contributed by atoms with Crippen molar-refractivity contribution >= 4 is 16.3 Å². The maximum atomic E-state index is 5.73. The molecule has 0 fully saturated rings. The lowest BCUT2D eigenvalue weighted by molar-refractivity contribution is 1.26. The molecule has 128 valence electrons. The molecule has 0 radical (unpaired) electrons. The van der Waals surface area contributed by atoms with Crippen molar-refractivity contribution in [2.75, 3.05) is 0 Å². The van der Waals surface area contributed by atoms with Gasteiger partial charge in [0, 0.05) is 23.5 Å². The second-order valence-electron chi connectivity index (χ2n) is 6.17. The second kappa shape index (κ2) is 7.27. The number of terminal acetylenes is 1. The van der Waals surface area contributed by atoms with Crippen molar-refractivity contribution in [1.82, 2.24) is 9.97 Å². The maximum Gasteiger partial charge on any atom is 0.120 e. The van der Waals surface area contributed by atoms with E-state index in [1.807, 2.05) is 43.5 Å². The van der Waals surface area contributed by atoms with Crippen LogP contribution in [0.5, 0.6) is 0 Å². The topological polar surface area (TPSA) is 25.8 Å². The largest absolute Gasteiger partial charge is 0.256 e. The summed E-state index contributed by atoms with van der Waals surface area (Å²) >= 11 is 0. The van der Waals surface area contributed by atoms with Crippen LogP contribution in [0.15, 0.2) is 85.2 Å². The third-order valence-corrected chi connectivity index (χ3v) is 4.66. The molecule has 2 aromatic carbocycles. The number of benzene rings is 2. The molecule has 4 rings (SSSR count). The molecule has 2 aromatic heterocycles. The highest BCUT2D eigenvalue weighted by atomic mass is 14.7. The summed E-state index contributed by atoms with van der Waals surface area (Å²) in [4.78, 5) is 8.97. The van der Waals surface area contributed by atoms with Crippen molar-refractivity contribution in [1.29, 1.82) is 0 Å². The normalized spacial score (nSPS) is 11.3. The minimum absolute atomic E-state index is 0.644. The predicted molar refractivity (Wildman–Crippen MR) is 112 cm³/mol. The van der Waals surface area contributed by atoms with Gasteiger partial charge in [0.05, 0.1) is 5.69 Å². The summed E-state index contributed by atoms with van der Waals surface area (Å²) in [7, 11) is 0. The van der Waals surface area contributed by atoms with Crippen LogP contribution >= 0.6 is 0 Å². The molecule has 0 saturated heterocycles. The number of hydrogen-bond acceptors (Lipinski definition) is 2. The second-order valence-corrected chi connectivity index (χ2v) is 6.17. The minimum Gasteiger partial charge on any atom is -0.256 e. The van der Waals surface area contributed by atoms with Gasteiger partial charge in [0.2, 0.25) is 0 Å². The first-order valence-corrected chi connectivity index (χ1v) is 8.85. The molecular formula is C25H18N2. The zero-order valence-corrected chi connectivity index (χ0v) is 15.1. The van der Waals surface area contributed by atoms with Gasteiger partial charge in [-0.15, -0.1) is 6.42 Å². The lowest BCUT2D eigenvalue weighted by atomic mass is 9.87. The molecule has 0 saturated carbocycles. The van der Waals surface area contributed by atoms with Crippen molar-refractivity contribution in [3.63, 3.8) is 0 Å². The number of pyridine rings is 2. The van der Waals surface area contributed by atoms with Gasteiger partial charge in [0.25, 0.3) is 0 Å². The summed E-state index contributed by atoms with van der Waals surface area (Å²) in [5.41, 5.74) is 5.80. The van der Waals surface area contributed by atoms with Crippen molar-refractivity contribution < 1.29 is 0 Å². The van der Waals surface area contributed by atoms with Crippen molar-refractivity contribution in [3.8, 4) is 23.6 Å². The van der Waals surface area contributed by atoms with Gasteiger partial charge >= 0.3 is 0 Å². The Hall–Kier alpha value is -3.70. The van der Waals surface area contributed by atoms with Crippen LogP contribution in [0.4, 0.5) is 0 Å². The van der Waals surface area contributed by atoms with Crippen LogP contribution in [0, 0.1) is 12.3 Å². The van der Waals surface area contributed by atoms with E-state index in [9.17, 15) is 0 Å². The van der Waals surface area contributed by atoms with Crippen molar-refractivity contribution in [2.24, 2.45) is 0 Å². The maximum absolute atomic E-state index is 5.73. The number of aromatic nitrogens is 2. The molecular weight excluding hydrogens is 328 g/mol. The summed E-state index contributed by atoms with van der Waals surface area (Å²) in [5, 5.41) is 2.35. The van der Waals surface area contributed by atoms with Gasteiger partial charge in [0.1, 0.15) is 5.69 Å². The SMILES string of the molecule is C#Cc1ncccc1/C(=C\C)c1c(-c2ccccn2)ccc2ccccc12. The standard InChI is InChI=1S/C25H18N2/c1-3-19(21-12-9-17-26-23(21)4-2)25-20-11-6-5-10-18(20)14-15-22(25)24-13-7-8-16-27-24/h2-3,5-17H,1H3/b19-3+. The van der Waals surface area contributed by atoms with Gasteiger partial charge in [-0.05, 0) is 59.0 Å². The Balaban J connectivity index is 2.09. The first kappa shape index (κ1) is 16.8. The van der Waals surface area contributed by atoms with E-state index in [-0.39, 0.29) is 0 Å². The first-order valence-electron chi connectivity index (χ1n) is 8.85. The molecule has 2 heteroatoms. The zero-order chi connectivity index (χ0) is 18.6. The van der Waals surface area contributed by atoms with Crippen LogP contribution < -0.4 is 0 Å². The highest BCUT2D eigenvalue weighted by Gasteiger charge is 2.17. The van der Waals surface area contributed by atoms with Gasteiger partial charge in [-0.2, -0.15) is 0 Å². The van der Waals surface area contributed by atoms with Crippen LogP contribution in [-0.2, 0) is 0 Å². The molecule has 0 aliphatic heterocycles. The third kappa shape index (κ3) is 3.01. The number of rotatable bonds is 3. The lowest BCUT2D eigenvalue weighted by Gasteiger charge is -2.17. The van der Waals surface area contributed by atoms with Crippen LogP contribution in [0.25, 0.3) is 27.6 Å². The minimum atomic E-state index is 0.644. The average molecular weight is 346 g/mol. The molecule has 27 heavy (non-hydrogen) atoms. The van der Waals surface area contributed by atoms with E-state index in [0.717, 1.165) is 28.0 Å². The Kier molecular flexibility index (Phi) is 4.51. The highest BCUT2D eigenvalue weighted by molar-refractivity contribution is 6.03. The third-order valence-electron chi connectivity index (χ3n) is 4.66. The van der Waals surface area contributed by atoms with Crippen LogP contribution in [0.2, 0.25) is 0 Å². The Labute approximate surface area is 159 Å². The van der Waals surface area contributed by atoms with E-state index in [0.29, 0.717) is 5.69 Å². The Morgan fingerprint density at radius 2 is 1.70 bits per heavy atom. The van der Waals surface area contributed by atoms with E-state index in [4.69, 9.17) is 6.42 Å². The number of allylic oxidation sites excluding steroid dienone is 1. The summed E-state index contributed by atoms with van der Waals surface area (Å²) < 4.78 is 0. The van der Waals surface area contributed by atoms with Gasteiger partial charge in [0.15, 0.2) is 0 Å². The van der Waals surface area contributed by atoms with Crippen molar-refractivity contribution in [3.05, 3.63) is 102 Å². The molecule has 0 bridgehead atoms. The van der Waals surface area contributed by atoms with E-state index in [1.54, 1.807) is 6.20 Å². The van der Waals surface area contributed by atoms with Gasteiger partial charge in [-0.1, -0.05) is 48.5 Å². The molecule has 0 unspecified atom stereocenters. The molecule has 0 atom stereocenters. The fourth-order valence-electron chi connectivity index (χ4n) is 3.47. The zero-order valence-electron chi connectivity index (χ0n) is 15.1. The summed E-state index contributed by atoms with van der Waals surface area (Å²) in [5.74, 6) is 2.72. The monoisotopic (exact) mass is 346 g/mol. The molecule has 2 nitrogen and oxygen atoms in total. The molecule has 0 spiro atoms. The van der Waals surface area contributed by atoms with E-state index in [1.165, 1.54) is 10.8 Å². The number of fused-ring (bicyclic) bond motifs is 1. The lowest BCUT2D eigenvalue weighted by Crippen LogP contribution is -1.98. The summed E-state index contributed by atoms with van der Waals surface area (Å²) in [6, 6.07) is 22.6. The quantitative estimate of drug-likeness (QED) is 0.443. The average Bonchev–Trinajstić information content (AvgIpc) is 2.75. The molecule has 0 amide bonds. The Bertz CT molecular complexity index is 1180. The molecule has 0 N–H and O–H groups in total. The molecule has 4 aromatic rings. The Morgan fingerprint density at radius 1 is 0.889 bits per heavy atom. The fourth-order valence-corrected chi connectivity index (χ4v) is 3.47. The van der Waals surface area contributed by atoms with Crippen molar-refractivity contribution in [2.45, 2.75) is 6.92 Å². The number of nitrogens with zero attached hydrogens (tertiary/aromatic N) is 2. The van der Waals surface area contributed by atoms with E-state index < -0.39 is 0 Å². The van der Waals surface area contributed by atoms with Crippen LogP contribution in [0.1, 0.15) is 23.7 Å². The van der Waals surface area contributed by atoms with E-state index in [2.05, 4.69) is 58.4 Å². The summed E-state index contributed by atoms with van der Waals surface area (Å²) in [6.45, 7) is 2.03. The van der Waals surface area contributed by atoms with Crippen LogP contribution in [0.3, 0.4) is 0 Å². The van der Waals surface area contributed by atoms with Gasteiger partial charge < -0.3 is 0 Å². The van der Waals surface area contributed by atoms with E-state index >= 15 is 0 Å². The molecule has 0 aliphatic carbocycles. The Morgan fingerprint density at radius 3 is 2.48 bits per heavy atom. The number of hydrogen-bond donors (Lipinski definition) is 0. The van der Waals surface area contributed by atoms with Gasteiger partial charge in [-0.25, -0.2) is 4.98 Å².